The molecule has 3 rings (SSSR count). The molecule has 0 aromatic carbocycles. The molecule has 4 heteroatoms. The van der Waals surface area contributed by atoms with Crippen LogP contribution in [0.15, 0.2) is 29.0 Å². The van der Waals surface area contributed by atoms with Crippen LogP contribution < -0.4 is 10.2 Å². The van der Waals surface area contributed by atoms with Gasteiger partial charge < -0.3 is 14.6 Å². The van der Waals surface area contributed by atoms with Crippen LogP contribution in [0.2, 0.25) is 0 Å². The highest BCUT2D eigenvalue weighted by Gasteiger charge is 2.20. The Labute approximate surface area is 101 Å². The first-order valence-electron chi connectivity index (χ1n) is 6.11. The van der Waals surface area contributed by atoms with Crippen molar-refractivity contribution in [2.75, 3.05) is 25.0 Å². The monoisotopic (exact) mass is 231 g/mol. The lowest BCUT2D eigenvalue weighted by Gasteiger charge is -2.18. The van der Waals surface area contributed by atoms with Crippen LogP contribution in [0.25, 0.3) is 11.0 Å². The third-order valence-corrected chi connectivity index (χ3v) is 3.18. The van der Waals surface area contributed by atoms with Crippen molar-refractivity contribution in [2.45, 2.75) is 18.9 Å². The van der Waals surface area contributed by atoms with Gasteiger partial charge in [0, 0.05) is 32.4 Å². The van der Waals surface area contributed by atoms with E-state index in [9.17, 15) is 0 Å². The Balaban J connectivity index is 1.70. The van der Waals surface area contributed by atoms with Gasteiger partial charge in [-0.05, 0) is 25.0 Å². The zero-order chi connectivity index (χ0) is 11.7. The Kier molecular flexibility index (Phi) is 2.73. The van der Waals surface area contributed by atoms with Crippen LogP contribution in [0, 0.1) is 0 Å². The first-order valence-corrected chi connectivity index (χ1v) is 6.11. The molecule has 1 N–H and O–H groups in total. The van der Waals surface area contributed by atoms with Crippen molar-refractivity contribution in [2.24, 2.45) is 0 Å². The van der Waals surface area contributed by atoms with Gasteiger partial charge in [0.15, 0.2) is 0 Å². The van der Waals surface area contributed by atoms with E-state index in [1.165, 1.54) is 12.8 Å². The van der Waals surface area contributed by atoms with Gasteiger partial charge in [0.2, 0.25) is 0 Å². The quantitative estimate of drug-likeness (QED) is 0.854. The molecule has 2 aromatic heterocycles. The summed E-state index contributed by atoms with van der Waals surface area (Å²) in [4.78, 5) is 6.60. The first-order chi connectivity index (χ1) is 8.34. The van der Waals surface area contributed by atoms with Gasteiger partial charge in [-0.15, -0.1) is 0 Å². The van der Waals surface area contributed by atoms with Crippen LogP contribution in [0.1, 0.15) is 12.8 Å². The standard InChI is InChI=1S/C13H17N3O/c1-16(8-7-14-10-2-3-10)13-11-5-9-17-12(11)4-6-15-13/h4-6,9-10,14H,2-3,7-8H2,1H3. The maximum atomic E-state index is 5.38. The molecule has 1 aliphatic carbocycles. The topological polar surface area (TPSA) is 41.3 Å². The van der Waals surface area contributed by atoms with E-state index >= 15 is 0 Å². The molecular formula is C13H17N3O. The fourth-order valence-electron chi connectivity index (χ4n) is 2.01. The van der Waals surface area contributed by atoms with Crippen molar-refractivity contribution in [1.29, 1.82) is 0 Å². The third-order valence-electron chi connectivity index (χ3n) is 3.18. The fourth-order valence-corrected chi connectivity index (χ4v) is 2.01. The third kappa shape index (κ3) is 2.26. The summed E-state index contributed by atoms with van der Waals surface area (Å²) in [6, 6.07) is 4.64. The number of hydrogen-bond donors (Lipinski definition) is 1. The SMILES string of the molecule is CN(CCNC1CC1)c1nccc2occc12. The molecule has 0 bridgehead atoms. The number of pyridine rings is 1. The van der Waals surface area contributed by atoms with E-state index in [-0.39, 0.29) is 0 Å². The van der Waals surface area contributed by atoms with E-state index in [1.807, 2.05) is 12.1 Å². The number of furan rings is 1. The number of hydrogen-bond acceptors (Lipinski definition) is 4. The van der Waals surface area contributed by atoms with Crippen molar-refractivity contribution in [3.8, 4) is 0 Å². The number of anilines is 1. The molecule has 4 nitrogen and oxygen atoms in total. The molecule has 0 saturated heterocycles. The molecule has 1 aliphatic rings. The number of likely N-dealkylation sites (N-methyl/N-ethyl adjacent to an activating group) is 1. The van der Waals surface area contributed by atoms with Crippen molar-refractivity contribution in [3.63, 3.8) is 0 Å². The summed E-state index contributed by atoms with van der Waals surface area (Å²) in [6.45, 7) is 1.98. The highest BCUT2D eigenvalue weighted by molar-refractivity contribution is 5.88. The highest BCUT2D eigenvalue weighted by Crippen LogP contribution is 2.24. The van der Waals surface area contributed by atoms with Gasteiger partial charge in [-0.2, -0.15) is 0 Å². The first kappa shape index (κ1) is 10.6. The molecule has 0 spiro atoms. The van der Waals surface area contributed by atoms with E-state index in [2.05, 4.69) is 22.2 Å². The second-order valence-electron chi connectivity index (χ2n) is 4.62. The Hall–Kier alpha value is -1.55. The molecule has 2 heterocycles. The molecule has 2 aromatic rings. The Bertz CT molecular complexity index is 504. The second kappa shape index (κ2) is 4.37. The van der Waals surface area contributed by atoms with E-state index in [0.717, 1.165) is 35.9 Å². The van der Waals surface area contributed by atoms with Gasteiger partial charge in [0.05, 0.1) is 11.6 Å². The minimum atomic E-state index is 0.765. The molecule has 1 fully saturated rings. The summed E-state index contributed by atoms with van der Waals surface area (Å²) in [5.74, 6) is 0.994. The van der Waals surface area contributed by atoms with Crippen LogP contribution in [0.5, 0.6) is 0 Å². The molecule has 17 heavy (non-hydrogen) atoms. The lowest BCUT2D eigenvalue weighted by atomic mass is 10.3. The molecule has 0 aliphatic heterocycles. The van der Waals surface area contributed by atoms with Crippen molar-refractivity contribution in [1.82, 2.24) is 10.3 Å². The lowest BCUT2D eigenvalue weighted by molar-refractivity contribution is 0.615. The lowest BCUT2D eigenvalue weighted by Crippen LogP contribution is -2.30. The zero-order valence-electron chi connectivity index (χ0n) is 10.0. The molecule has 0 atom stereocenters. The van der Waals surface area contributed by atoms with Crippen LogP contribution in [-0.4, -0.2) is 31.2 Å². The summed E-state index contributed by atoms with van der Waals surface area (Å²) in [5, 5.41) is 4.59. The van der Waals surface area contributed by atoms with Crippen molar-refractivity contribution in [3.05, 3.63) is 24.6 Å². The maximum absolute atomic E-state index is 5.38. The Morgan fingerprint density at radius 3 is 3.18 bits per heavy atom. The average Bonchev–Trinajstić information content (AvgIpc) is 3.04. The van der Waals surface area contributed by atoms with E-state index in [4.69, 9.17) is 4.42 Å². The van der Waals surface area contributed by atoms with Crippen LogP contribution >= 0.6 is 0 Å². The molecule has 90 valence electrons. The number of aromatic nitrogens is 1. The van der Waals surface area contributed by atoms with E-state index < -0.39 is 0 Å². The highest BCUT2D eigenvalue weighted by atomic mass is 16.3. The molecular weight excluding hydrogens is 214 g/mol. The zero-order valence-corrected chi connectivity index (χ0v) is 10.0. The molecule has 1 saturated carbocycles. The van der Waals surface area contributed by atoms with Crippen LogP contribution in [0.4, 0.5) is 5.82 Å². The molecule has 0 radical (unpaired) electrons. The summed E-state index contributed by atoms with van der Waals surface area (Å²) in [6.07, 6.45) is 6.18. The predicted molar refractivity (Wildman–Crippen MR) is 68.3 cm³/mol. The second-order valence-corrected chi connectivity index (χ2v) is 4.62. The summed E-state index contributed by atoms with van der Waals surface area (Å²) in [7, 11) is 2.07. The van der Waals surface area contributed by atoms with Gasteiger partial charge in [0.1, 0.15) is 11.4 Å². The summed E-state index contributed by atoms with van der Waals surface area (Å²) in [5.41, 5.74) is 0.900. The van der Waals surface area contributed by atoms with Gasteiger partial charge in [-0.3, -0.25) is 0 Å². The number of nitrogens with zero attached hydrogens (tertiary/aromatic N) is 2. The minimum absolute atomic E-state index is 0.765. The van der Waals surface area contributed by atoms with Gasteiger partial charge in [0.25, 0.3) is 0 Å². The van der Waals surface area contributed by atoms with Gasteiger partial charge in [-0.25, -0.2) is 4.98 Å². The van der Waals surface area contributed by atoms with Crippen LogP contribution in [0.3, 0.4) is 0 Å². The number of nitrogens with one attached hydrogen (secondary N) is 1. The largest absolute Gasteiger partial charge is 0.464 e. The number of rotatable bonds is 5. The predicted octanol–water partition coefficient (Wildman–Crippen LogP) is 2.02. The van der Waals surface area contributed by atoms with Crippen LogP contribution in [-0.2, 0) is 0 Å². The summed E-state index contributed by atoms with van der Waals surface area (Å²) >= 11 is 0. The van der Waals surface area contributed by atoms with Gasteiger partial charge >= 0.3 is 0 Å². The smallest absolute Gasteiger partial charge is 0.139 e. The van der Waals surface area contributed by atoms with E-state index in [0.29, 0.717) is 0 Å². The number of fused-ring (bicyclic) bond motifs is 1. The molecule has 0 amide bonds. The normalized spacial score (nSPS) is 15.4. The average molecular weight is 231 g/mol. The van der Waals surface area contributed by atoms with E-state index in [1.54, 1.807) is 12.5 Å². The fraction of sp³-hybridized carbons (Fsp3) is 0.462. The summed E-state index contributed by atoms with van der Waals surface area (Å²) < 4.78 is 5.38. The molecule has 0 unspecified atom stereocenters. The maximum Gasteiger partial charge on any atom is 0.139 e. The van der Waals surface area contributed by atoms with Crippen molar-refractivity contribution < 1.29 is 4.42 Å². The van der Waals surface area contributed by atoms with Gasteiger partial charge in [-0.1, -0.05) is 0 Å². The Morgan fingerprint density at radius 1 is 1.47 bits per heavy atom. The minimum Gasteiger partial charge on any atom is -0.464 e. The Morgan fingerprint density at radius 2 is 2.35 bits per heavy atom. The van der Waals surface area contributed by atoms with Crippen molar-refractivity contribution >= 4 is 16.8 Å².